The van der Waals surface area contributed by atoms with Gasteiger partial charge in [0.1, 0.15) is 5.82 Å². The fraction of sp³-hybridized carbons (Fsp3) is 0.294. The number of hydrogen-bond donors (Lipinski definition) is 1. The summed E-state index contributed by atoms with van der Waals surface area (Å²) in [5.41, 5.74) is 1.42. The number of halogens is 1. The van der Waals surface area contributed by atoms with Gasteiger partial charge >= 0.3 is 6.03 Å². The molecule has 1 aliphatic rings. The first kappa shape index (κ1) is 15.3. The lowest BCUT2D eigenvalue weighted by Gasteiger charge is -2.36. The highest BCUT2D eigenvalue weighted by atomic mass is 19.1. The molecule has 1 aliphatic heterocycles. The van der Waals surface area contributed by atoms with Crippen LogP contribution < -0.4 is 10.2 Å². The van der Waals surface area contributed by atoms with E-state index in [0.717, 1.165) is 5.69 Å². The van der Waals surface area contributed by atoms with Crippen LogP contribution in [0.25, 0.3) is 0 Å². The Morgan fingerprint density at radius 2 is 1.83 bits per heavy atom. The minimum absolute atomic E-state index is 0.108. The maximum Gasteiger partial charge on any atom is 0.317 e. The van der Waals surface area contributed by atoms with Gasteiger partial charge in [-0.05, 0) is 24.3 Å². The van der Waals surface area contributed by atoms with E-state index in [9.17, 15) is 9.18 Å². The number of urea groups is 1. The predicted octanol–water partition coefficient (Wildman–Crippen LogP) is 2.25. The van der Waals surface area contributed by atoms with Crippen molar-refractivity contribution in [2.24, 2.45) is 0 Å². The van der Waals surface area contributed by atoms with Crippen molar-refractivity contribution in [3.05, 3.63) is 60.2 Å². The highest BCUT2D eigenvalue weighted by Crippen LogP contribution is 2.20. The molecule has 0 aliphatic carbocycles. The second-order valence-corrected chi connectivity index (χ2v) is 5.41. The Balaban J connectivity index is 1.50. The quantitative estimate of drug-likeness (QED) is 0.945. The smallest absolute Gasteiger partial charge is 0.317 e. The molecule has 0 atom stereocenters. The van der Waals surface area contributed by atoms with Gasteiger partial charge in [-0.1, -0.05) is 18.2 Å². The minimum atomic E-state index is -0.222. The summed E-state index contributed by atoms with van der Waals surface area (Å²) in [6, 6.07) is 12.2. The van der Waals surface area contributed by atoms with E-state index in [1.165, 1.54) is 6.07 Å². The largest absolute Gasteiger partial charge is 0.366 e. The zero-order valence-electron chi connectivity index (χ0n) is 12.8. The van der Waals surface area contributed by atoms with Gasteiger partial charge in [0.05, 0.1) is 17.9 Å². The summed E-state index contributed by atoms with van der Waals surface area (Å²) < 4.78 is 13.8. The first-order valence-electron chi connectivity index (χ1n) is 7.66. The summed E-state index contributed by atoms with van der Waals surface area (Å²) >= 11 is 0. The van der Waals surface area contributed by atoms with E-state index >= 15 is 0 Å². The molecule has 3 rings (SSSR count). The third-order valence-electron chi connectivity index (χ3n) is 3.91. The van der Waals surface area contributed by atoms with Gasteiger partial charge in [-0.3, -0.25) is 4.98 Å². The van der Waals surface area contributed by atoms with Crippen LogP contribution in [0.3, 0.4) is 0 Å². The van der Waals surface area contributed by atoms with E-state index in [0.29, 0.717) is 38.4 Å². The van der Waals surface area contributed by atoms with Crippen molar-refractivity contribution < 1.29 is 9.18 Å². The summed E-state index contributed by atoms with van der Waals surface area (Å²) in [5, 5.41) is 2.87. The molecule has 1 saturated heterocycles. The molecule has 0 saturated carbocycles. The van der Waals surface area contributed by atoms with Crippen LogP contribution in [0.5, 0.6) is 0 Å². The first-order valence-corrected chi connectivity index (χ1v) is 7.66. The molecule has 1 fully saturated rings. The monoisotopic (exact) mass is 314 g/mol. The molecule has 5 nitrogen and oxygen atoms in total. The van der Waals surface area contributed by atoms with Gasteiger partial charge in [-0.2, -0.15) is 0 Å². The number of nitrogens with zero attached hydrogens (tertiary/aromatic N) is 3. The van der Waals surface area contributed by atoms with Crippen LogP contribution in [0, 0.1) is 5.82 Å². The molecule has 0 spiro atoms. The van der Waals surface area contributed by atoms with Gasteiger partial charge in [0.25, 0.3) is 0 Å². The van der Waals surface area contributed by atoms with Crippen LogP contribution in [0.15, 0.2) is 48.7 Å². The van der Waals surface area contributed by atoms with Crippen LogP contribution in [0.2, 0.25) is 0 Å². The summed E-state index contributed by atoms with van der Waals surface area (Å²) in [7, 11) is 0. The Kier molecular flexibility index (Phi) is 4.71. The Bertz CT molecular complexity index is 657. The maximum atomic E-state index is 13.8. The average Bonchev–Trinajstić information content (AvgIpc) is 2.61. The zero-order chi connectivity index (χ0) is 16.1. The molecule has 2 amide bonds. The van der Waals surface area contributed by atoms with Crippen molar-refractivity contribution in [3.63, 3.8) is 0 Å². The molecule has 6 heteroatoms. The van der Waals surface area contributed by atoms with Gasteiger partial charge in [0, 0.05) is 32.4 Å². The number of aromatic nitrogens is 1. The van der Waals surface area contributed by atoms with Gasteiger partial charge in [0.15, 0.2) is 0 Å². The lowest BCUT2D eigenvalue weighted by molar-refractivity contribution is 0.193. The van der Waals surface area contributed by atoms with Gasteiger partial charge < -0.3 is 15.1 Å². The van der Waals surface area contributed by atoms with Crippen molar-refractivity contribution in [3.8, 4) is 0 Å². The van der Waals surface area contributed by atoms with Gasteiger partial charge in [-0.25, -0.2) is 9.18 Å². The van der Waals surface area contributed by atoms with Crippen molar-refractivity contribution in [1.29, 1.82) is 0 Å². The lowest BCUT2D eigenvalue weighted by atomic mass is 10.2. The number of benzene rings is 1. The molecule has 1 aromatic heterocycles. The molecule has 2 aromatic rings. The third kappa shape index (κ3) is 3.77. The number of amides is 2. The molecular formula is C17H19FN4O. The minimum Gasteiger partial charge on any atom is -0.366 e. The molecule has 1 N–H and O–H groups in total. The molecule has 0 radical (unpaired) electrons. The molecule has 0 bridgehead atoms. The standard InChI is InChI=1S/C17H19FN4O/c18-15-6-1-2-7-16(15)21-9-11-22(12-10-21)17(23)20-13-14-5-3-4-8-19-14/h1-8H,9-13H2,(H,20,23). The number of para-hydroxylation sites is 1. The van der Waals surface area contributed by atoms with Crippen LogP contribution in [-0.2, 0) is 6.54 Å². The van der Waals surface area contributed by atoms with Crippen LogP contribution in [0.1, 0.15) is 5.69 Å². The molecular weight excluding hydrogens is 295 g/mol. The second kappa shape index (κ2) is 7.09. The van der Waals surface area contributed by atoms with Crippen LogP contribution in [-0.4, -0.2) is 42.1 Å². The van der Waals surface area contributed by atoms with E-state index in [4.69, 9.17) is 0 Å². The molecule has 23 heavy (non-hydrogen) atoms. The fourth-order valence-corrected chi connectivity index (χ4v) is 2.64. The number of hydrogen-bond acceptors (Lipinski definition) is 3. The van der Waals surface area contributed by atoms with E-state index in [1.54, 1.807) is 23.2 Å². The number of rotatable bonds is 3. The van der Waals surface area contributed by atoms with Crippen LogP contribution in [0.4, 0.5) is 14.9 Å². The Morgan fingerprint density at radius 3 is 2.52 bits per heavy atom. The molecule has 1 aromatic carbocycles. The number of carbonyl (C=O) groups is 1. The summed E-state index contributed by atoms with van der Waals surface area (Å²) in [6.07, 6.45) is 1.70. The van der Waals surface area contributed by atoms with E-state index in [2.05, 4.69) is 10.3 Å². The van der Waals surface area contributed by atoms with Crippen molar-refractivity contribution in [1.82, 2.24) is 15.2 Å². The maximum absolute atomic E-state index is 13.8. The lowest BCUT2D eigenvalue weighted by Crippen LogP contribution is -2.51. The second-order valence-electron chi connectivity index (χ2n) is 5.41. The zero-order valence-corrected chi connectivity index (χ0v) is 12.8. The Morgan fingerprint density at radius 1 is 1.09 bits per heavy atom. The van der Waals surface area contributed by atoms with Crippen molar-refractivity contribution in [2.45, 2.75) is 6.54 Å². The molecule has 120 valence electrons. The summed E-state index contributed by atoms with van der Waals surface area (Å²) in [4.78, 5) is 20.1. The first-order chi connectivity index (χ1) is 11.2. The van der Waals surface area contributed by atoms with E-state index in [-0.39, 0.29) is 11.8 Å². The highest BCUT2D eigenvalue weighted by molar-refractivity contribution is 5.74. The van der Waals surface area contributed by atoms with Crippen molar-refractivity contribution in [2.75, 3.05) is 31.1 Å². The Hall–Kier alpha value is -2.63. The SMILES string of the molecule is O=C(NCc1ccccn1)N1CCN(c2ccccc2F)CC1. The topological polar surface area (TPSA) is 48.5 Å². The van der Waals surface area contributed by atoms with E-state index < -0.39 is 0 Å². The fourth-order valence-electron chi connectivity index (χ4n) is 2.64. The number of pyridine rings is 1. The van der Waals surface area contributed by atoms with Gasteiger partial charge in [-0.15, -0.1) is 0 Å². The number of carbonyl (C=O) groups excluding carboxylic acids is 1. The molecule has 0 unspecified atom stereocenters. The van der Waals surface area contributed by atoms with Gasteiger partial charge in [0.2, 0.25) is 0 Å². The number of nitrogens with one attached hydrogen (secondary N) is 1. The number of anilines is 1. The highest BCUT2D eigenvalue weighted by Gasteiger charge is 2.22. The Labute approximate surface area is 134 Å². The average molecular weight is 314 g/mol. The number of piperazine rings is 1. The van der Waals surface area contributed by atoms with Crippen molar-refractivity contribution >= 4 is 11.7 Å². The normalized spacial score (nSPS) is 14.7. The third-order valence-corrected chi connectivity index (χ3v) is 3.91. The summed E-state index contributed by atoms with van der Waals surface area (Å²) in [6.45, 7) is 2.80. The summed E-state index contributed by atoms with van der Waals surface area (Å²) in [5.74, 6) is -0.222. The van der Waals surface area contributed by atoms with E-state index in [1.807, 2.05) is 29.2 Å². The van der Waals surface area contributed by atoms with Crippen LogP contribution >= 0.6 is 0 Å². The predicted molar refractivity (Wildman–Crippen MR) is 86.7 cm³/mol. The molecule has 2 heterocycles.